The lowest BCUT2D eigenvalue weighted by atomic mass is 9.33. The van der Waals surface area contributed by atoms with Gasteiger partial charge in [-0.2, -0.15) is 0 Å². The van der Waals surface area contributed by atoms with Gasteiger partial charge >= 0.3 is 0 Å². The molecule has 0 radical (unpaired) electrons. The van der Waals surface area contributed by atoms with Crippen molar-refractivity contribution in [3.05, 3.63) is 197 Å². The molecule has 0 amide bonds. The molecule has 0 bridgehead atoms. The lowest BCUT2D eigenvalue weighted by Crippen LogP contribution is -2.62. The van der Waals surface area contributed by atoms with E-state index in [2.05, 4.69) is 258 Å². The number of benzene rings is 8. The fraction of sp³-hybridized carbons (Fsp3) is 0.314. The van der Waals surface area contributed by atoms with Gasteiger partial charge in [0.25, 0.3) is 6.71 Å². The van der Waals surface area contributed by atoms with Crippen molar-refractivity contribution in [2.24, 2.45) is 0 Å². The maximum Gasteiger partial charge on any atom is 0.252 e. The van der Waals surface area contributed by atoms with E-state index in [1.165, 1.54) is 136 Å². The third-order valence-electron chi connectivity index (χ3n) is 18.1. The molecule has 0 aromatic heterocycles. The highest BCUT2D eigenvalue weighted by Gasteiger charge is 2.47. The molecule has 0 fully saturated rings. The van der Waals surface area contributed by atoms with E-state index in [1.807, 2.05) is 0 Å². The van der Waals surface area contributed by atoms with Crippen LogP contribution in [0.25, 0.3) is 33.4 Å². The molecule has 0 unspecified atom stereocenters. The van der Waals surface area contributed by atoms with Gasteiger partial charge in [0.1, 0.15) is 0 Å². The zero-order valence-corrected chi connectivity index (χ0v) is 45.8. The number of anilines is 6. The van der Waals surface area contributed by atoms with Crippen LogP contribution in [0.1, 0.15) is 141 Å². The molecule has 0 atom stereocenters. The van der Waals surface area contributed by atoms with E-state index in [0.717, 1.165) is 12.8 Å². The van der Waals surface area contributed by atoms with Gasteiger partial charge in [-0.25, -0.2) is 0 Å². The van der Waals surface area contributed by atoms with Crippen LogP contribution in [-0.4, -0.2) is 6.71 Å². The highest BCUT2D eigenvalue weighted by Crippen LogP contribution is 2.54. The molecule has 2 aliphatic carbocycles. The van der Waals surface area contributed by atoms with Gasteiger partial charge in [0.15, 0.2) is 0 Å². The predicted octanol–water partition coefficient (Wildman–Crippen LogP) is 17.4. The van der Waals surface area contributed by atoms with Crippen LogP contribution in [0.15, 0.2) is 158 Å². The Bertz CT molecular complexity index is 3530. The maximum absolute atomic E-state index is 2.72. The van der Waals surface area contributed by atoms with Gasteiger partial charge in [0, 0.05) is 34.0 Å². The lowest BCUT2D eigenvalue weighted by molar-refractivity contribution is 0.332. The first kappa shape index (κ1) is 47.4. The molecule has 4 aliphatic rings. The monoisotopic (exact) mass is 953 g/mol. The fourth-order valence-electron chi connectivity index (χ4n) is 13.4. The molecule has 2 nitrogen and oxygen atoms in total. The average Bonchev–Trinajstić information content (AvgIpc) is 3.36. The van der Waals surface area contributed by atoms with E-state index in [9.17, 15) is 0 Å². The second-order valence-corrected chi connectivity index (χ2v) is 26.1. The summed E-state index contributed by atoms with van der Waals surface area (Å²) >= 11 is 0. The van der Waals surface area contributed by atoms with E-state index in [-0.39, 0.29) is 33.8 Å². The third-order valence-corrected chi connectivity index (χ3v) is 18.1. The van der Waals surface area contributed by atoms with Crippen LogP contribution in [0.2, 0.25) is 0 Å². The summed E-state index contributed by atoms with van der Waals surface area (Å²) in [4.78, 5) is 5.36. The SMILES string of the molecule is Cc1cc2c3c(c1)N(c1ccc(C(C)(C)C)cc1-c1ccc4c(c1)C(C)(C)CCC4(C)C)c1cc4c(cc1B3c1ccc(-c3ccccc3)cc1N2c1cc(-c2ccccc2)ccc1C)C(C)(C)CCC4(C)C. The first-order chi connectivity index (χ1) is 34.6. The average molecular weight is 953 g/mol. The summed E-state index contributed by atoms with van der Waals surface area (Å²) in [6.45, 7) is 31.5. The lowest BCUT2D eigenvalue weighted by Gasteiger charge is -2.48. The Morgan fingerprint density at radius 1 is 0.384 bits per heavy atom. The van der Waals surface area contributed by atoms with Crippen LogP contribution >= 0.6 is 0 Å². The minimum atomic E-state index is -0.0419. The molecule has 3 heteroatoms. The molecule has 0 spiro atoms. The number of hydrogen-bond acceptors (Lipinski definition) is 2. The third kappa shape index (κ3) is 7.65. The molecule has 2 heterocycles. The van der Waals surface area contributed by atoms with Crippen molar-refractivity contribution >= 4 is 57.2 Å². The van der Waals surface area contributed by atoms with Crippen molar-refractivity contribution in [2.45, 2.75) is 143 Å². The van der Waals surface area contributed by atoms with E-state index in [4.69, 9.17) is 0 Å². The van der Waals surface area contributed by atoms with Crippen LogP contribution in [-0.2, 0) is 27.1 Å². The minimum Gasteiger partial charge on any atom is -0.311 e. The van der Waals surface area contributed by atoms with E-state index < -0.39 is 0 Å². The van der Waals surface area contributed by atoms with E-state index >= 15 is 0 Å². The van der Waals surface area contributed by atoms with Crippen LogP contribution < -0.4 is 26.2 Å². The van der Waals surface area contributed by atoms with Gasteiger partial charge in [-0.05, 0) is 192 Å². The summed E-state index contributed by atoms with van der Waals surface area (Å²) in [5.41, 5.74) is 29.1. The molecular weight excluding hydrogens is 880 g/mol. The number of rotatable bonds is 5. The number of hydrogen-bond donors (Lipinski definition) is 0. The topological polar surface area (TPSA) is 6.48 Å². The van der Waals surface area contributed by atoms with Crippen LogP contribution in [0.5, 0.6) is 0 Å². The molecule has 0 N–H and O–H groups in total. The van der Waals surface area contributed by atoms with Crippen molar-refractivity contribution in [3.8, 4) is 33.4 Å². The second kappa shape index (κ2) is 16.5. The van der Waals surface area contributed by atoms with Gasteiger partial charge in [-0.1, -0.05) is 191 Å². The quantitative estimate of drug-likeness (QED) is 0.159. The maximum atomic E-state index is 2.72. The van der Waals surface area contributed by atoms with Gasteiger partial charge in [0.2, 0.25) is 0 Å². The summed E-state index contributed by atoms with van der Waals surface area (Å²) in [6, 6.07) is 61.6. The molecule has 0 saturated carbocycles. The molecule has 73 heavy (non-hydrogen) atoms. The minimum absolute atomic E-state index is 0.000692. The van der Waals surface area contributed by atoms with Gasteiger partial charge in [-0.15, -0.1) is 0 Å². The van der Waals surface area contributed by atoms with Crippen LogP contribution in [0.3, 0.4) is 0 Å². The summed E-state index contributed by atoms with van der Waals surface area (Å²) in [6.07, 6.45) is 4.69. The molecule has 366 valence electrons. The normalized spacial score (nSPS) is 17.5. The highest BCUT2D eigenvalue weighted by atomic mass is 15.2. The summed E-state index contributed by atoms with van der Waals surface area (Å²) in [7, 11) is 0. The molecule has 8 aromatic rings. The standard InChI is InChI=1S/C70H73BN2/c1-44-36-63-65-64(37-44)73(60-39-48(25-24-45(60)2)46-20-16-14-17-21-46)61-40-49(47-22-18-15-19-23-47)27-30-57(61)71(65)58-42-55-56(70(12,13)35-34-69(55,10)11)43-62(58)72(63)59-31-28-51(66(3,4)5)41-52(59)50-26-29-53-54(38-50)68(8,9)33-32-67(53,6)7/h14-31,36-43H,32-35H2,1-13H3. The van der Waals surface area contributed by atoms with E-state index in [1.54, 1.807) is 0 Å². The van der Waals surface area contributed by atoms with Crippen molar-refractivity contribution in [1.82, 2.24) is 0 Å². The fourth-order valence-corrected chi connectivity index (χ4v) is 13.4. The zero-order chi connectivity index (χ0) is 51.1. The van der Waals surface area contributed by atoms with Gasteiger partial charge < -0.3 is 9.80 Å². The van der Waals surface area contributed by atoms with E-state index in [0.29, 0.717) is 0 Å². The van der Waals surface area contributed by atoms with Crippen LogP contribution in [0, 0.1) is 13.8 Å². The Kier molecular flexibility index (Phi) is 10.7. The number of fused-ring (bicyclic) bond motifs is 6. The number of aryl methyl sites for hydroxylation is 2. The Morgan fingerprint density at radius 3 is 1.47 bits per heavy atom. The summed E-state index contributed by atoms with van der Waals surface area (Å²) in [5, 5.41) is 0. The molecule has 8 aromatic carbocycles. The van der Waals surface area contributed by atoms with Crippen molar-refractivity contribution < 1.29 is 0 Å². The van der Waals surface area contributed by atoms with Crippen molar-refractivity contribution in [1.29, 1.82) is 0 Å². The Hall–Kier alpha value is -6.58. The van der Waals surface area contributed by atoms with Crippen LogP contribution in [0.4, 0.5) is 34.1 Å². The zero-order valence-electron chi connectivity index (χ0n) is 45.8. The predicted molar refractivity (Wildman–Crippen MR) is 316 cm³/mol. The Balaban J connectivity index is 1.19. The molecule has 12 rings (SSSR count). The number of nitrogens with zero attached hydrogens (tertiary/aromatic N) is 2. The smallest absolute Gasteiger partial charge is 0.252 e. The first-order valence-corrected chi connectivity index (χ1v) is 27.2. The Morgan fingerprint density at radius 2 is 0.877 bits per heavy atom. The first-order valence-electron chi connectivity index (χ1n) is 27.2. The summed E-state index contributed by atoms with van der Waals surface area (Å²) < 4.78 is 0. The second-order valence-electron chi connectivity index (χ2n) is 26.1. The Labute approximate surface area is 437 Å². The highest BCUT2D eigenvalue weighted by molar-refractivity contribution is 7.00. The van der Waals surface area contributed by atoms with Gasteiger partial charge in [-0.3, -0.25) is 0 Å². The van der Waals surface area contributed by atoms with Crippen molar-refractivity contribution in [2.75, 3.05) is 9.80 Å². The van der Waals surface area contributed by atoms with Crippen molar-refractivity contribution in [3.63, 3.8) is 0 Å². The summed E-state index contributed by atoms with van der Waals surface area (Å²) in [5.74, 6) is 0. The largest absolute Gasteiger partial charge is 0.311 e. The van der Waals surface area contributed by atoms with Gasteiger partial charge in [0.05, 0.1) is 5.69 Å². The molecule has 2 aliphatic heterocycles. The molecule has 0 saturated heterocycles. The molecular formula is C70H73BN2.